The van der Waals surface area contributed by atoms with Gasteiger partial charge >= 0.3 is 11.9 Å². The number of aliphatic hydroxyl groups is 16. The highest BCUT2D eigenvalue weighted by Crippen LogP contribution is 2.36. The molecule has 0 radical (unpaired) electrons. The summed E-state index contributed by atoms with van der Waals surface area (Å²) in [5.41, 5.74) is 1.32. The van der Waals surface area contributed by atoms with E-state index in [1.165, 1.54) is 56.9 Å². The van der Waals surface area contributed by atoms with Crippen LogP contribution in [0.4, 0.5) is 0 Å². The van der Waals surface area contributed by atoms with Gasteiger partial charge in [0.15, 0.2) is 43.7 Å². The Hall–Kier alpha value is -4.31. The molecule has 676 valence electrons. The van der Waals surface area contributed by atoms with Crippen LogP contribution in [0.3, 0.4) is 0 Å². The summed E-state index contributed by atoms with van der Waals surface area (Å²) in [7, 11) is 0. The van der Waals surface area contributed by atoms with Gasteiger partial charge in [0.25, 0.3) is 0 Å². The number of carboxylic acids is 2. The molecule has 36 nitrogen and oxygen atoms in total. The molecular weight excluding hydrogens is 1540 g/mol. The lowest BCUT2D eigenvalue weighted by Gasteiger charge is -2.48. The van der Waals surface area contributed by atoms with E-state index >= 15 is 0 Å². The molecule has 5 aliphatic heterocycles. The first kappa shape index (κ1) is 101. The van der Waals surface area contributed by atoms with Crippen molar-refractivity contribution < 1.29 is 168 Å². The Labute approximate surface area is 684 Å². The van der Waals surface area contributed by atoms with Gasteiger partial charge in [-0.15, -0.1) is 0 Å². The Balaban J connectivity index is 0.804. The number of carbonyl (C=O) groups excluding carboxylic acids is 3. The van der Waals surface area contributed by atoms with Crippen LogP contribution in [0.2, 0.25) is 0 Å². The monoisotopic (exact) mass is 1680 g/mol. The largest absolute Gasteiger partial charge is 0.479 e. The SMILES string of the molecule is CCCCCCCCCCCCCC[C@@H](O)[C@@H](O)[C@H](COC1OC(COCCCCCCNC(=O)CCCCC(=O)CCCCCCOC2OC(CO)C(OC3OC(C(=O)O)C(O)C(OC4OC(CO)C(OC5OC(C(=O)O)C(O)C(O)C5O)C(O)C4O)C3O)C(O)C2O)C(O)C(O)C1O)NC(=O)CCCCCCCCc1ccccc1. The molecule has 0 aliphatic carbocycles. The third-order valence-electron chi connectivity index (χ3n) is 22.3. The van der Waals surface area contributed by atoms with Crippen molar-refractivity contribution in [2.24, 2.45) is 0 Å². The van der Waals surface area contributed by atoms with Crippen LogP contribution in [0, 0.1) is 0 Å². The van der Waals surface area contributed by atoms with Crippen molar-refractivity contribution in [3.63, 3.8) is 0 Å². The number of benzene rings is 1. The number of nitrogens with one attached hydrogen (secondary N) is 2. The molecule has 117 heavy (non-hydrogen) atoms. The number of rotatable bonds is 60. The molecule has 1 aromatic rings. The molecule has 5 fully saturated rings. The van der Waals surface area contributed by atoms with Crippen LogP contribution in [0.15, 0.2) is 30.3 Å². The first-order valence-corrected chi connectivity index (χ1v) is 42.6. The summed E-state index contributed by atoms with van der Waals surface area (Å²) in [5, 5.41) is 199. The number of unbranched alkanes of at least 4 members (excludes halogenated alkanes) is 23. The molecular formula is C81H138N2O34. The Bertz CT molecular complexity index is 2880. The summed E-state index contributed by atoms with van der Waals surface area (Å²) < 4.78 is 61.8. The molecule has 0 aromatic heterocycles. The fraction of sp³-hybridized carbons (Fsp3) is 0.864. The third-order valence-corrected chi connectivity index (χ3v) is 22.3. The molecule has 28 atom stereocenters. The molecule has 36 heteroatoms. The van der Waals surface area contributed by atoms with E-state index in [-0.39, 0.29) is 56.9 Å². The molecule has 5 aliphatic rings. The topological polar surface area (TPSA) is 575 Å². The van der Waals surface area contributed by atoms with E-state index < -0.39 is 197 Å². The molecule has 0 bridgehead atoms. The maximum absolute atomic E-state index is 13.3. The predicted molar refractivity (Wildman–Crippen MR) is 412 cm³/mol. The van der Waals surface area contributed by atoms with Gasteiger partial charge in [0.2, 0.25) is 11.8 Å². The Morgan fingerprint density at radius 2 is 0.846 bits per heavy atom. The lowest BCUT2D eigenvalue weighted by molar-refractivity contribution is -0.385. The normalized spacial score (nSPS) is 32.3. The zero-order valence-electron chi connectivity index (χ0n) is 67.6. The quantitative estimate of drug-likeness (QED) is 0.0391. The van der Waals surface area contributed by atoms with Gasteiger partial charge < -0.3 is 155 Å². The van der Waals surface area contributed by atoms with E-state index in [2.05, 4.69) is 29.7 Å². The van der Waals surface area contributed by atoms with Crippen molar-refractivity contribution >= 4 is 29.5 Å². The second-order valence-electron chi connectivity index (χ2n) is 31.7. The molecule has 0 spiro atoms. The number of hydrogen-bond acceptors (Lipinski definition) is 32. The van der Waals surface area contributed by atoms with Crippen molar-refractivity contribution in [3.8, 4) is 0 Å². The lowest BCUT2D eigenvalue weighted by atomic mass is 9.95. The third kappa shape index (κ3) is 34.0. The standard InChI is InChI=1S/C81H138N2O34/c1-2-3-4-5-6-7-8-9-10-11-15-26-38-51(87)57(90)50(83-56(89)40-27-16-13-12-14-22-33-48-34-23-21-24-35-48)46-109-78-64(97)59(92)58(91)54(112-78)47-107-42-31-20-18-30-41-82-55(88)39-29-28-37-49(86)36-25-17-19-32-43-108-77-66(99)62(95)70(52(44-84)110-77)114-81-69(102)72(68(101)74(117-81)76(105)106)115-79-67(100)63(96)71(53(45-85)111-79)113-80-65(98)60(93)61(94)73(116-80)75(103)104/h21,23-24,34-35,50-54,57-74,77-81,84-85,87,90-102H,2-20,22,25-33,36-47H2,1H3,(H,82,88)(H,83,89)(H,103,104)(H,105,106)/t50-,51+,52?,53?,54?,57-,58?,59?,60?,61?,62?,63?,64?,65?,66?,67?,68?,69?,70?,71?,72?,73?,74?,77?,78?,79?,80?,81?/m0/s1. The van der Waals surface area contributed by atoms with Crippen LogP contribution in [0.25, 0.3) is 0 Å². The summed E-state index contributed by atoms with van der Waals surface area (Å²) in [5.74, 6) is -4.02. The van der Waals surface area contributed by atoms with Crippen LogP contribution in [0.1, 0.15) is 224 Å². The van der Waals surface area contributed by atoms with Gasteiger partial charge in [-0.1, -0.05) is 166 Å². The van der Waals surface area contributed by atoms with E-state index in [9.17, 15) is 116 Å². The number of carboxylic acid groups (broad SMARTS) is 2. The number of aliphatic hydroxyl groups excluding tert-OH is 16. The number of amides is 2. The zero-order valence-corrected chi connectivity index (χ0v) is 67.6. The number of aliphatic carboxylic acids is 2. The first-order chi connectivity index (χ1) is 56.2. The Kier molecular flexibility index (Phi) is 48.4. The van der Waals surface area contributed by atoms with Crippen LogP contribution < -0.4 is 10.6 Å². The number of hydrogen-bond donors (Lipinski definition) is 20. The minimum atomic E-state index is -2.30. The van der Waals surface area contributed by atoms with Gasteiger partial charge in [-0.3, -0.25) is 14.4 Å². The number of aryl methyl sites for hydroxylation is 1. The predicted octanol–water partition coefficient (Wildman–Crippen LogP) is 0.329. The second-order valence-corrected chi connectivity index (χ2v) is 31.7. The molecule has 1 aromatic carbocycles. The van der Waals surface area contributed by atoms with Crippen molar-refractivity contribution in [2.75, 3.05) is 46.2 Å². The molecule has 0 saturated carbocycles. The molecule has 6 rings (SSSR count). The lowest BCUT2D eigenvalue weighted by Crippen LogP contribution is -2.68. The van der Waals surface area contributed by atoms with E-state index in [0.29, 0.717) is 90.0 Å². The molecule has 5 heterocycles. The van der Waals surface area contributed by atoms with Gasteiger partial charge in [-0.25, -0.2) is 9.59 Å². The fourth-order valence-corrected chi connectivity index (χ4v) is 15.0. The highest BCUT2D eigenvalue weighted by molar-refractivity contribution is 5.79. The highest BCUT2D eigenvalue weighted by atomic mass is 16.8. The summed E-state index contributed by atoms with van der Waals surface area (Å²) in [4.78, 5) is 62.5. The van der Waals surface area contributed by atoms with Crippen molar-refractivity contribution in [2.45, 2.75) is 397 Å². The fourth-order valence-electron chi connectivity index (χ4n) is 15.0. The smallest absolute Gasteiger partial charge is 0.335 e. The maximum Gasteiger partial charge on any atom is 0.335 e. The van der Waals surface area contributed by atoms with E-state index in [1.807, 2.05) is 18.2 Å². The van der Waals surface area contributed by atoms with Gasteiger partial charge in [0, 0.05) is 45.4 Å². The highest BCUT2D eigenvalue weighted by Gasteiger charge is 2.57. The van der Waals surface area contributed by atoms with Crippen LogP contribution >= 0.6 is 0 Å². The Morgan fingerprint density at radius 3 is 1.44 bits per heavy atom. The summed E-state index contributed by atoms with van der Waals surface area (Å²) >= 11 is 0. The average Bonchev–Trinajstić information content (AvgIpc) is 0.770. The van der Waals surface area contributed by atoms with Gasteiger partial charge in [0.1, 0.15) is 122 Å². The summed E-state index contributed by atoms with van der Waals surface area (Å²) in [6.45, 7) is 0.485. The minimum absolute atomic E-state index is 0.0114. The van der Waals surface area contributed by atoms with Gasteiger partial charge in [0.05, 0.1) is 38.6 Å². The number of ketones is 1. The molecule has 25 unspecified atom stereocenters. The van der Waals surface area contributed by atoms with Crippen LogP contribution in [-0.4, -0.2) is 339 Å². The Morgan fingerprint density at radius 1 is 0.410 bits per heavy atom. The minimum Gasteiger partial charge on any atom is -0.479 e. The van der Waals surface area contributed by atoms with E-state index in [4.69, 9.17) is 52.1 Å². The van der Waals surface area contributed by atoms with Crippen molar-refractivity contribution in [3.05, 3.63) is 35.9 Å². The first-order valence-electron chi connectivity index (χ1n) is 42.6. The number of Topliss-reactive ketones (excluding diaryl/α,β-unsaturated/α-hetero) is 1. The van der Waals surface area contributed by atoms with Crippen molar-refractivity contribution in [1.29, 1.82) is 0 Å². The maximum atomic E-state index is 13.3. The van der Waals surface area contributed by atoms with Crippen LogP contribution in [-0.2, 0) is 82.5 Å². The molecule has 20 N–H and O–H groups in total. The van der Waals surface area contributed by atoms with Crippen LogP contribution in [0.5, 0.6) is 0 Å². The second kappa shape index (κ2) is 55.7. The van der Waals surface area contributed by atoms with Gasteiger partial charge in [-0.05, 0) is 69.8 Å². The molecule has 2 amide bonds. The summed E-state index contributed by atoms with van der Waals surface area (Å²) in [6.07, 6.45) is -22.7. The zero-order chi connectivity index (χ0) is 85.3. The van der Waals surface area contributed by atoms with Gasteiger partial charge in [-0.2, -0.15) is 0 Å². The number of ether oxygens (including phenoxy) is 11. The van der Waals surface area contributed by atoms with Crippen molar-refractivity contribution in [1.82, 2.24) is 10.6 Å². The average molecular weight is 1680 g/mol. The van der Waals surface area contributed by atoms with E-state index in [0.717, 1.165) is 70.6 Å². The molecule has 5 saturated heterocycles. The number of carbonyl (C=O) groups is 5. The van der Waals surface area contributed by atoms with E-state index in [1.54, 1.807) is 0 Å². The summed E-state index contributed by atoms with van der Waals surface area (Å²) in [6, 6.07) is 9.30.